The summed E-state index contributed by atoms with van der Waals surface area (Å²) >= 11 is 7.89. The van der Waals surface area contributed by atoms with Gasteiger partial charge in [0.25, 0.3) is 0 Å². The van der Waals surface area contributed by atoms with Gasteiger partial charge in [-0.3, -0.25) is 9.59 Å². The molecule has 3 aromatic rings. The summed E-state index contributed by atoms with van der Waals surface area (Å²) in [7, 11) is 0. The number of nitrogens with zero attached hydrogens (tertiary/aromatic N) is 2. The minimum Gasteiger partial charge on any atom is -0.467 e. The lowest BCUT2D eigenvalue weighted by molar-refractivity contribution is -0.122. The van der Waals surface area contributed by atoms with Gasteiger partial charge in [-0.05, 0) is 23.8 Å². The molecule has 0 saturated carbocycles. The van der Waals surface area contributed by atoms with Crippen molar-refractivity contribution in [2.24, 2.45) is 0 Å². The minimum absolute atomic E-state index is 0.0140. The third-order valence-corrected chi connectivity index (χ3v) is 5.86. The molecule has 0 bridgehead atoms. The van der Waals surface area contributed by atoms with Crippen LogP contribution in [0.4, 0.5) is 5.82 Å². The highest BCUT2D eigenvalue weighted by Crippen LogP contribution is 2.34. The molecule has 150 valence electrons. The first-order chi connectivity index (χ1) is 14.1. The van der Waals surface area contributed by atoms with Crippen molar-refractivity contribution in [3.8, 4) is 0 Å². The normalized spacial score (nSPS) is 12.6. The van der Waals surface area contributed by atoms with Gasteiger partial charge in [0.05, 0.1) is 24.9 Å². The number of fused-ring (bicyclic) bond motifs is 1. The van der Waals surface area contributed by atoms with Gasteiger partial charge in [-0.1, -0.05) is 29.8 Å². The fourth-order valence-electron chi connectivity index (χ4n) is 3.10. The van der Waals surface area contributed by atoms with Gasteiger partial charge in [-0.25, -0.2) is 4.68 Å². The zero-order valence-corrected chi connectivity index (χ0v) is 17.1. The van der Waals surface area contributed by atoms with Crippen LogP contribution in [0.3, 0.4) is 0 Å². The lowest BCUT2D eigenvalue weighted by Gasteiger charge is -2.11. The van der Waals surface area contributed by atoms with Crippen molar-refractivity contribution in [2.75, 3.05) is 5.32 Å². The molecule has 0 spiro atoms. The van der Waals surface area contributed by atoms with Crippen LogP contribution in [-0.2, 0) is 40.6 Å². The van der Waals surface area contributed by atoms with Crippen molar-refractivity contribution < 1.29 is 14.0 Å². The summed E-state index contributed by atoms with van der Waals surface area (Å²) < 4.78 is 6.78. The maximum absolute atomic E-state index is 12.6. The van der Waals surface area contributed by atoms with Crippen LogP contribution in [-0.4, -0.2) is 21.6 Å². The first kappa shape index (κ1) is 19.6. The number of thioether (sulfide) groups is 1. The van der Waals surface area contributed by atoms with Crippen LogP contribution in [0, 0.1) is 0 Å². The second-order valence-electron chi connectivity index (χ2n) is 6.60. The van der Waals surface area contributed by atoms with Crippen molar-refractivity contribution in [1.29, 1.82) is 0 Å². The summed E-state index contributed by atoms with van der Waals surface area (Å²) in [6.45, 7) is 0.316. The minimum atomic E-state index is -0.211. The van der Waals surface area contributed by atoms with Crippen molar-refractivity contribution in [1.82, 2.24) is 15.1 Å². The topological polar surface area (TPSA) is 89.2 Å². The number of furan rings is 1. The summed E-state index contributed by atoms with van der Waals surface area (Å²) in [6, 6.07) is 10.8. The van der Waals surface area contributed by atoms with Crippen molar-refractivity contribution in [3.63, 3.8) is 0 Å². The highest BCUT2D eigenvalue weighted by molar-refractivity contribution is 7.98. The number of nitrogens with one attached hydrogen (secondary N) is 2. The molecule has 7 nitrogen and oxygen atoms in total. The van der Waals surface area contributed by atoms with Gasteiger partial charge in [0, 0.05) is 22.1 Å². The first-order valence-corrected chi connectivity index (χ1v) is 10.6. The van der Waals surface area contributed by atoms with Gasteiger partial charge in [0.2, 0.25) is 11.8 Å². The third kappa shape index (κ3) is 4.65. The summed E-state index contributed by atoms with van der Waals surface area (Å²) in [4.78, 5) is 25.0. The molecule has 0 unspecified atom stereocenters. The Balaban J connectivity index is 1.45. The van der Waals surface area contributed by atoms with E-state index in [1.807, 2.05) is 18.2 Å². The van der Waals surface area contributed by atoms with Gasteiger partial charge < -0.3 is 15.1 Å². The third-order valence-electron chi connectivity index (χ3n) is 4.52. The smallest absolute Gasteiger partial charge is 0.242 e. The summed E-state index contributed by atoms with van der Waals surface area (Å²) in [5.41, 5.74) is 2.63. The van der Waals surface area contributed by atoms with Crippen LogP contribution in [0.25, 0.3) is 0 Å². The number of hydrogen-bond donors (Lipinski definition) is 2. The number of anilines is 1. The number of amides is 2. The molecule has 0 aliphatic carbocycles. The molecule has 0 fully saturated rings. The monoisotopic (exact) mass is 430 g/mol. The number of rotatable bonds is 7. The van der Waals surface area contributed by atoms with Crippen molar-refractivity contribution in [2.45, 2.75) is 31.0 Å². The Morgan fingerprint density at radius 2 is 2.03 bits per heavy atom. The van der Waals surface area contributed by atoms with E-state index in [0.717, 1.165) is 28.3 Å². The van der Waals surface area contributed by atoms with Crippen LogP contribution in [0.5, 0.6) is 0 Å². The molecule has 2 amide bonds. The molecule has 0 atom stereocenters. The van der Waals surface area contributed by atoms with E-state index in [1.165, 1.54) is 0 Å². The fourth-order valence-corrected chi connectivity index (χ4v) is 4.34. The lowest BCUT2D eigenvalue weighted by atomic mass is 10.1. The number of aromatic nitrogens is 2. The zero-order chi connectivity index (χ0) is 20.2. The summed E-state index contributed by atoms with van der Waals surface area (Å²) in [6.07, 6.45) is 1.71. The van der Waals surface area contributed by atoms with Crippen LogP contribution >= 0.6 is 23.4 Å². The van der Waals surface area contributed by atoms with E-state index in [9.17, 15) is 9.59 Å². The SMILES string of the molecule is O=C(Cn1nc2c(c1NC(=O)Cc1ccccc1Cl)CSC2)NCc1ccco1. The quantitative estimate of drug-likeness (QED) is 0.599. The van der Waals surface area contributed by atoms with E-state index in [0.29, 0.717) is 23.1 Å². The zero-order valence-electron chi connectivity index (χ0n) is 15.5. The second-order valence-corrected chi connectivity index (χ2v) is 7.99. The molecule has 4 rings (SSSR count). The Hall–Kier alpha value is -2.71. The molecule has 0 radical (unpaired) electrons. The average molecular weight is 431 g/mol. The Bertz CT molecular complexity index is 1030. The van der Waals surface area contributed by atoms with Crippen molar-refractivity contribution >= 4 is 41.0 Å². The van der Waals surface area contributed by atoms with Gasteiger partial charge in [0.15, 0.2) is 0 Å². The fraction of sp³-hybridized carbons (Fsp3) is 0.250. The highest BCUT2D eigenvalue weighted by atomic mass is 35.5. The molecule has 2 N–H and O–H groups in total. The Morgan fingerprint density at radius 3 is 2.83 bits per heavy atom. The van der Waals surface area contributed by atoms with Crippen LogP contribution in [0.15, 0.2) is 47.1 Å². The average Bonchev–Trinajstić information content (AvgIpc) is 3.42. The molecule has 1 aromatic carbocycles. The molecule has 9 heteroatoms. The first-order valence-electron chi connectivity index (χ1n) is 9.09. The number of benzene rings is 1. The largest absolute Gasteiger partial charge is 0.467 e. The molecule has 29 heavy (non-hydrogen) atoms. The van der Waals surface area contributed by atoms with Gasteiger partial charge >= 0.3 is 0 Å². The number of hydrogen-bond acceptors (Lipinski definition) is 5. The van der Waals surface area contributed by atoms with E-state index >= 15 is 0 Å². The highest BCUT2D eigenvalue weighted by Gasteiger charge is 2.25. The summed E-state index contributed by atoms with van der Waals surface area (Å²) in [5.74, 6) is 2.36. The molecule has 1 aliphatic rings. The Kier molecular flexibility index (Phi) is 5.92. The van der Waals surface area contributed by atoms with Crippen LogP contribution < -0.4 is 10.6 Å². The predicted octanol–water partition coefficient (Wildman–Crippen LogP) is 3.37. The maximum atomic E-state index is 12.6. The van der Waals surface area contributed by atoms with Gasteiger partial charge in [0.1, 0.15) is 18.1 Å². The standard InChI is InChI=1S/C20H19ClN4O3S/c21-16-6-2-1-4-13(16)8-18(26)23-20-15-11-29-12-17(15)24-25(20)10-19(27)22-9-14-5-3-7-28-14/h1-7H,8-12H2,(H,22,27)(H,23,26). The molecule has 0 saturated heterocycles. The Labute approximate surface area is 176 Å². The molecular formula is C20H19ClN4O3S. The number of carbonyl (C=O) groups excluding carboxylic acids is 2. The molecular weight excluding hydrogens is 412 g/mol. The van der Waals surface area contributed by atoms with Crippen LogP contribution in [0.2, 0.25) is 5.02 Å². The molecule has 1 aliphatic heterocycles. The van der Waals surface area contributed by atoms with Crippen LogP contribution in [0.1, 0.15) is 22.6 Å². The maximum Gasteiger partial charge on any atom is 0.242 e. The van der Waals surface area contributed by atoms with E-state index in [1.54, 1.807) is 40.9 Å². The van der Waals surface area contributed by atoms with E-state index in [4.69, 9.17) is 16.0 Å². The number of halogens is 1. The van der Waals surface area contributed by atoms with Gasteiger partial charge in [-0.15, -0.1) is 0 Å². The van der Waals surface area contributed by atoms with E-state index in [-0.39, 0.29) is 24.8 Å². The summed E-state index contributed by atoms with van der Waals surface area (Å²) in [5, 5.41) is 10.8. The number of carbonyl (C=O) groups is 2. The molecule has 3 heterocycles. The second kappa shape index (κ2) is 8.75. The van der Waals surface area contributed by atoms with E-state index < -0.39 is 0 Å². The van der Waals surface area contributed by atoms with Crippen molar-refractivity contribution in [3.05, 3.63) is 70.3 Å². The Morgan fingerprint density at radius 1 is 1.17 bits per heavy atom. The lowest BCUT2D eigenvalue weighted by Crippen LogP contribution is -2.29. The molecule has 2 aromatic heterocycles. The van der Waals surface area contributed by atoms with E-state index in [2.05, 4.69) is 15.7 Å². The predicted molar refractivity (Wildman–Crippen MR) is 112 cm³/mol. The van der Waals surface area contributed by atoms with Gasteiger partial charge in [-0.2, -0.15) is 16.9 Å².